The number of primary amides is 1. The van der Waals surface area contributed by atoms with Crippen LogP contribution in [0.15, 0.2) is 77.8 Å². The SMILES string of the molecule is CC1(C)OC(=N[C@@H](CCO)c2ccccc2F)NS(=O)(=O)[C@@H]1c1ccc(-c2ccc(OC(N)=O)cc2)cc1. The average molecular weight is 542 g/mol. The van der Waals surface area contributed by atoms with Gasteiger partial charge in [0, 0.05) is 12.2 Å². The monoisotopic (exact) mass is 541 g/mol. The van der Waals surface area contributed by atoms with Crippen LogP contribution in [0.5, 0.6) is 5.75 Å². The number of hydrogen-bond acceptors (Lipinski definition) is 7. The summed E-state index contributed by atoms with van der Waals surface area (Å²) in [7, 11) is -4.00. The summed E-state index contributed by atoms with van der Waals surface area (Å²) in [5.41, 5.74) is 6.17. The van der Waals surface area contributed by atoms with Crippen molar-refractivity contribution in [3.05, 3.63) is 89.7 Å². The van der Waals surface area contributed by atoms with Gasteiger partial charge >= 0.3 is 6.09 Å². The number of rotatable bonds is 7. The van der Waals surface area contributed by atoms with E-state index >= 15 is 0 Å². The third kappa shape index (κ3) is 5.95. The molecule has 0 spiro atoms. The van der Waals surface area contributed by atoms with E-state index in [4.69, 9.17) is 15.2 Å². The van der Waals surface area contributed by atoms with Crippen molar-refractivity contribution in [1.82, 2.24) is 4.72 Å². The number of amides is 1. The molecule has 200 valence electrons. The Morgan fingerprint density at radius 1 is 1.11 bits per heavy atom. The number of aliphatic hydroxyl groups excluding tert-OH is 1. The van der Waals surface area contributed by atoms with Crippen molar-refractivity contribution in [2.45, 2.75) is 37.2 Å². The van der Waals surface area contributed by atoms with Crippen molar-refractivity contribution >= 4 is 22.1 Å². The first-order valence-corrected chi connectivity index (χ1v) is 13.4. The van der Waals surface area contributed by atoms with Crippen LogP contribution in [0.25, 0.3) is 11.1 Å². The number of carbonyl (C=O) groups is 1. The molecule has 1 heterocycles. The summed E-state index contributed by atoms with van der Waals surface area (Å²) in [5.74, 6) is -0.203. The maximum absolute atomic E-state index is 14.4. The van der Waals surface area contributed by atoms with Crippen molar-refractivity contribution < 1.29 is 32.2 Å². The molecule has 38 heavy (non-hydrogen) atoms. The summed E-state index contributed by atoms with van der Waals surface area (Å²) in [4.78, 5) is 15.2. The van der Waals surface area contributed by atoms with E-state index in [2.05, 4.69) is 9.71 Å². The minimum atomic E-state index is -4.00. The zero-order chi connectivity index (χ0) is 27.5. The van der Waals surface area contributed by atoms with E-state index in [0.29, 0.717) is 11.3 Å². The molecule has 1 aliphatic heterocycles. The maximum Gasteiger partial charge on any atom is 0.409 e. The summed E-state index contributed by atoms with van der Waals surface area (Å²) < 4.78 is 54.3. The maximum atomic E-state index is 14.4. The first-order valence-electron chi connectivity index (χ1n) is 11.8. The lowest BCUT2D eigenvalue weighted by molar-refractivity contribution is 0.0758. The molecule has 1 saturated heterocycles. The highest BCUT2D eigenvalue weighted by Crippen LogP contribution is 2.40. The molecule has 1 amide bonds. The second-order valence-electron chi connectivity index (χ2n) is 9.28. The average Bonchev–Trinajstić information content (AvgIpc) is 2.83. The fourth-order valence-electron chi connectivity index (χ4n) is 4.49. The van der Waals surface area contributed by atoms with Gasteiger partial charge in [0.05, 0.1) is 6.04 Å². The number of nitrogens with one attached hydrogen (secondary N) is 1. The molecule has 0 aromatic heterocycles. The first kappa shape index (κ1) is 27.1. The third-order valence-electron chi connectivity index (χ3n) is 6.09. The minimum Gasteiger partial charge on any atom is -0.457 e. The number of carbonyl (C=O) groups excluding carboxylic acids is 1. The number of nitrogens with two attached hydrogens (primary N) is 1. The molecule has 11 heteroatoms. The molecule has 0 bridgehead atoms. The Balaban J connectivity index is 1.59. The Morgan fingerprint density at radius 3 is 2.26 bits per heavy atom. The smallest absolute Gasteiger partial charge is 0.409 e. The van der Waals surface area contributed by atoms with Crippen molar-refractivity contribution in [3.63, 3.8) is 0 Å². The molecule has 1 aliphatic rings. The van der Waals surface area contributed by atoms with Gasteiger partial charge in [0.1, 0.15) is 22.4 Å². The number of aliphatic hydroxyl groups is 1. The molecule has 0 unspecified atom stereocenters. The van der Waals surface area contributed by atoms with Crippen LogP contribution in [0.1, 0.15) is 42.7 Å². The van der Waals surface area contributed by atoms with Crippen LogP contribution >= 0.6 is 0 Å². The van der Waals surface area contributed by atoms with Crippen LogP contribution < -0.4 is 15.2 Å². The molecule has 3 aromatic carbocycles. The molecule has 4 rings (SSSR count). The molecule has 3 aromatic rings. The highest BCUT2D eigenvalue weighted by molar-refractivity contribution is 7.90. The van der Waals surface area contributed by atoms with Gasteiger partial charge in [-0.3, -0.25) is 0 Å². The Bertz CT molecular complexity index is 1440. The summed E-state index contributed by atoms with van der Waals surface area (Å²) in [6, 6.07) is 18.6. The van der Waals surface area contributed by atoms with Gasteiger partial charge in [0.15, 0.2) is 0 Å². The zero-order valence-corrected chi connectivity index (χ0v) is 21.6. The van der Waals surface area contributed by atoms with Gasteiger partial charge in [-0.15, -0.1) is 0 Å². The number of nitrogens with zero attached hydrogens (tertiary/aromatic N) is 1. The fourth-order valence-corrected chi connectivity index (χ4v) is 6.26. The Hall–Kier alpha value is -3.96. The number of aliphatic imine (C=N–C) groups is 1. The lowest BCUT2D eigenvalue weighted by atomic mass is 9.95. The molecule has 9 nitrogen and oxygen atoms in total. The summed E-state index contributed by atoms with van der Waals surface area (Å²) in [6.45, 7) is 3.00. The minimum absolute atomic E-state index is 0.0798. The van der Waals surface area contributed by atoms with E-state index in [1.807, 2.05) is 0 Å². The number of halogens is 1. The normalized spacial score (nSPS) is 19.7. The van der Waals surface area contributed by atoms with Crippen LogP contribution in [-0.2, 0) is 14.8 Å². The highest BCUT2D eigenvalue weighted by Gasteiger charge is 2.48. The zero-order valence-electron chi connectivity index (χ0n) is 20.8. The summed E-state index contributed by atoms with van der Waals surface area (Å²) in [6.07, 6.45) is -0.824. The van der Waals surface area contributed by atoms with Gasteiger partial charge in [-0.05, 0) is 55.2 Å². The van der Waals surface area contributed by atoms with Gasteiger partial charge in [0.25, 0.3) is 6.02 Å². The van der Waals surface area contributed by atoms with Crippen LogP contribution in [0.4, 0.5) is 9.18 Å². The topological polar surface area (TPSA) is 140 Å². The Morgan fingerprint density at radius 2 is 1.71 bits per heavy atom. The van der Waals surface area contributed by atoms with E-state index in [1.165, 1.54) is 18.2 Å². The molecule has 0 radical (unpaired) electrons. The Kier molecular flexibility index (Phi) is 7.70. The van der Waals surface area contributed by atoms with E-state index in [9.17, 15) is 22.7 Å². The van der Waals surface area contributed by atoms with Gasteiger partial charge in [0.2, 0.25) is 10.0 Å². The van der Waals surface area contributed by atoms with E-state index in [1.54, 1.807) is 68.4 Å². The lowest BCUT2D eigenvalue weighted by Gasteiger charge is -2.39. The van der Waals surface area contributed by atoms with Crippen LogP contribution in [0.2, 0.25) is 0 Å². The van der Waals surface area contributed by atoms with Gasteiger partial charge < -0.3 is 20.3 Å². The van der Waals surface area contributed by atoms with Crippen LogP contribution in [0.3, 0.4) is 0 Å². The predicted octanol–water partition coefficient (Wildman–Crippen LogP) is 4.20. The summed E-state index contributed by atoms with van der Waals surface area (Å²) >= 11 is 0. The van der Waals surface area contributed by atoms with Crippen LogP contribution in [-0.4, -0.2) is 37.8 Å². The van der Waals surface area contributed by atoms with Gasteiger partial charge in [-0.25, -0.2) is 27.3 Å². The first-order chi connectivity index (χ1) is 18.0. The molecule has 2 atom stereocenters. The molecule has 0 aliphatic carbocycles. The van der Waals surface area contributed by atoms with Crippen molar-refractivity contribution in [3.8, 4) is 16.9 Å². The molecular formula is C27H28FN3O6S. The van der Waals surface area contributed by atoms with Crippen molar-refractivity contribution in [1.29, 1.82) is 0 Å². The van der Waals surface area contributed by atoms with E-state index in [-0.39, 0.29) is 24.6 Å². The van der Waals surface area contributed by atoms with Crippen molar-refractivity contribution in [2.24, 2.45) is 10.7 Å². The fraction of sp³-hybridized carbons (Fsp3) is 0.259. The van der Waals surface area contributed by atoms with E-state index in [0.717, 1.165) is 11.1 Å². The van der Waals surface area contributed by atoms with Gasteiger partial charge in [-0.1, -0.05) is 54.6 Å². The Labute approximate surface area is 220 Å². The summed E-state index contributed by atoms with van der Waals surface area (Å²) in [5, 5.41) is 8.40. The lowest BCUT2D eigenvalue weighted by Crippen LogP contribution is -2.53. The highest BCUT2D eigenvalue weighted by atomic mass is 32.2. The number of benzene rings is 3. The third-order valence-corrected chi connectivity index (χ3v) is 8.01. The quantitative estimate of drug-likeness (QED) is 0.410. The van der Waals surface area contributed by atoms with E-state index < -0.39 is 38.8 Å². The number of ether oxygens (including phenoxy) is 2. The predicted molar refractivity (Wildman–Crippen MR) is 140 cm³/mol. The number of hydrogen-bond donors (Lipinski definition) is 3. The number of amidine groups is 1. The molecule has 1 fully saturated rings. The molecule has 4 N–H and O–H groups in total. The number of sulfonamides is 1. The second kappa shape index (κ2) is 10.8. The largest absolute Gasteiger partial charge is 0.457 e. The second-order valence-corrected chi connectivity index (χ2v) is 11.0. The van der Waals surface area contributed by atoms with Crippen LogP contribution in [0, 0.1) is 5.82 Å². The van der Waals surface area contributed by atoms with Gasteiger partial charge in [-0.2, -0.15) is 0 Å². The molecule has 0 saturated carbocycles. The standard InChI is InChI=1S/C27H28FN3O6S/c1-27(2)24(19-9-7-17(8-10-19)18-11-13-20(14-12-18)36-25(29)33)38(34,35)31-26(37-27)30-23(15-16-32)21-5-3-4-6-22(21)28/h3-14,23-24,32H,15-16H2,1-2H3,(H2,29,33)(H,30,31)/t23-,24+/m0/s1. The molecular weight excluding hydrogens is 513 g/mol. The van der Waals surface area contributed by atoms with Crippen molar-refractivity contribution in [2.75, 3.05) is 6.61 Å².